The first-order valence-electron chi connectivity index (χ1n) is 6.81. The molecule has 0 aliphatic heterocycles. The van der Waals surface area contributed by atoms with E-state index < -0.39 is 0 Å². The summed E-state index contributed by atoms with van der Waals surface area (Å²) in [5.41, 5.74) is 1.49. The molecule has 3 aromatic rings. The van der Waals surface area contributed by atoms with Gasteiger partial charge in [0.15, 0.2) is 0 Å². The first-order chi connectivity index (χ1) is 11.2. The van der Waals surface area contributed by atoms with Gasteiger partial charge in [0.2, 0.25) is 11.7 Å². The second kappa shape index (κ2) is 6.22. The highest BCUT2D eigenvalue weighted by Gasteiger charge is 2.10. The molecule has 0 fully saturated rings. The lowest BCUT2D eigenvalue weighted by Gasteiger charge is -2.06. The third-order valence-electron chi connectivity index (χ3n) is 3.21. The molecular formula is C15H13N5O3. The number of aromatic nitrogens is 4. The quantitative estimate of drug-likeness (QED) is 0.444. The van der Waals surface area contributed by atoms with Crippen molar-refractivity contribution in [3.8, 4) is 11.4 Å². The van der Waals surface area contributed by atoms with Crippen molar-refractivity contribution in [2.75, 3.05) is 0 Å². The standard InChI is InChI=1S/C15H13N5O3/c1-10-17-15(19-23-10)12-6-4-11(5-7-12)13(18-22)9-20-14(21)3-2-8-16-20/h2-8,22H,9H2,1H3. The maximum absolute atomic E-state index is 11.7. The van der Waals surface area contributed by atoms with E-state index in [-0.39, 0.29) is 12.1 Å². The molecule has 8 heteroatoms. The molecule has 3 rings (SSSR count). The van der Waals surface area contributed by atoms with Crippen molar-refractivity contribution >= 4 is 5.71 Å². The van der Waals surface area contributed by atoms with E-state index in [1.165, 1.54) is 16.9 Å². The van der Waals surface area contributed by atoms with Crippen LogP contribution in [0, 0.1) is 6.92 Å². The van der Waals surface area contributed by atoms with Crippen molar-refractivity contribution in [3.63, 3.8) is 0 Å². The Morgan fingerprint density at radius 1 is 1.30 bits per heavy atom. The van der Waals surface area contributed by atoms with Crippen molar-refractivity contribution in [1.29, 1.82) is 0 Å². The molecule has 0 amide bonds. The van der Waals surface area contributed by atoms with Gasteiger partial charge in [-0.2, -0.15) is 10.1 Å². The van der Waals surface area contributed by atoms with Crippen molar-refractivity contribution in [3.05, 3.63) is 64.4 Å². The van der Waals surface area contributed by atoms with Gasteiger partial charge in [0.05, 0.1) is 6.54 Å². The summed E-state index contributed by atoms with van der Waals surface area (Å²) in [6.45, 7) is 1.78. The summed E-state index contributed by atoms with van der Waals surface area (Å²) in [5.74, 6) is 0.966. The largest absolute Gasteiger partial charge is 0.411 e. The fourth-order valence-electron chi connectivity index (χ4n) is 2.06. The fraction of sp³-hybridized carbons (Fsp3) is 0.133. The molecule has 23 heavy (non-hydrogen) atoms. The van der Waals surface area contributed by atoms with Gasteiger partial charge in [-0.25, -0.2) is 4.68 Å². The van der Waals surface area contributed by atoms with Crippen LogP contribution in [0.15, 0.2) is 57.1 Å². The highest BCUT2D eigenvalue weighted by molar-refractivity contribution is 6.00. The fourth-order valence-corrected chi connectivity index (χ4v) is 2.06. The average Bonchev–Trinajstić information content (AvgIpc) is 3.01. The molecule has 0 aliphatic carbocycles. The highest BCUT2D eigenvalue weighted by atomic mass is 16.5. The maximum Gasteiger partial charge on any atom is 0.267 e. The molecule has 2 heterocycles. The van der Waals surface area contributed by atoms with E-state index in [4.69, 9.17) is 4.52 Å². The molecule has 0 bridgehead atoms. The molecular weight excluding hydrogens is 298 g/mol. The summed E-state index contributed by atoms with van der Waals surface area (Å²) in [7, 11) is 0. The molecule has 0 aliphatic rings. The number of hydrogen-bond donors (Lipinski definition) is 1. The Balaban J connectivity index is 1.85. The van der Waals surface area contributed by atoms with Crippen LogP contribution in [0.25, 0.3) is 11.4 Å². The third kappa shape index (κ3) is 3.15. The molecule has 0 atom stereocenters. The lowest BCUT2D eigenvalue weighted by molar-refractivity contribution is 0.317. The Hall–Kier alpha value is -3.29. The first-order valence-corrected chi connectivity index (χ1v) is 6.81. The number of hydrogen-bond acceptors (Lipinski definition) is 7. The van der Waals surface area contributed by atoms with Crippen LogP contribution >= 0.6 is 0 Å². The first kappa shape index (κ1) is 14.6. The van der Waals surface area contributed by atoms with E-state index in [0.29, 0.717) is 23.0 Å². The van der Waals surface area contributed by atoms with Crippen molar-refractivity contribution in [2.45, 2.75) is 13.5 Å². The summed E-state index contributed by atoms with van der Waals surface area (Å²) < 4.78 is 6.15. The van der Waals surface area contributed by atoms with Crippen LogP contribution in [0.1, 0.15) is 11.5 Å². The van der Waals surface area contributed by atoms with Crippen molar-refractivity contribution in [1.82, 2.24) is 19.9 Å². The second-order valence-electron chi connectivity index (χ2n) is 4.78. The normalized spacial score (nSPS) is 11.6. The van der Waals surface area contributed by atoms with E-state index in [1.54, 1.807) is 37.3 Å². The Morgan fingerprint density at radius 2 is 2.09 bits per heavy atom. The molecule has 8 nitrogen and oxygen atoms in total. The van der Waals surface area contributed by atoms with Gasteiger partial charge < -0.3 is 9.73 Å². The van der Waals surface area contributed by atoms with Crippen molar-refractivity contribution < 1.29 is 9.73 Å². The molecule has 0 saturated heterocycles. The van der Waals surface area contributed by atoms with Crippen LogP contribution in [-0.2, 0) is 6.54 Å². The van der Waals surface area contributed by atoms with Gasteiger partial charge in [-0.05, 0) is 6.07 Å². The Morgan fingerprint density at radius 3 is 2.70 bits per heavy atom. The molecule has 1 N–H and O–H groups in total. The topological polar surface area (TPSA) is 106 Å². The van der Waals surface area contributed by atoms with Crippen LogP contribution in [0.4, 0.5) is 0 Å². The van der Waals surface area contributed by atoms with Gasteiger partial charge in [0.25, 0.3) is 5.56 Å². The van der Waals surface area contributed by atoms with Crippen LogP contribution in [0.3, 0.4) is 0 Å². The average molecular weight is 311 g/mol. The Kier molecular flexibility index (Phi) is 3.96. The van der Waals surface area contributed by atoms with Crippen LogP contribution in [0.2, 0.25) is 0 Å². The number of nitrogens with zero attached hydrogens (tertiary/aromatic N) is 5. The van der Waals surface area contributed by atoms with E-state index in [9.17, 15) is 10.0 Å². The monoisotopic (exact) mass is 311 g/mol. The van der Waals surface area contributed by atoms with Gasteiger partial charge in [-0.3, -0.25) is 4.79 Å². The van der Waals surface area contributed by atoms with E-state index in [0.717, 1.165) is 5.56 Å². The third-order valence-corrected chi connectivity index (χ3v) is 3.21. The summed E-state index contributed by atoms with van der Waals surface area (Å²) in [6.07, 6.45) is 1.50. The number of benzene rings is 1. The second-order valence-corrected chi connectivity index (χ2v) is 4.78. The Bertz CT molecular complexity index is 896. The van der Waals surface area contributed by atoms with Crippen LogP contribution < -0.4 is 5.56 Å². The summed E-state index contributed by atoms with van der Waals surface area (Å²) in [4.78, 5) is 15.8. The zero-order valence-corrected chi connectivity index (χ0v) is 12.2. The predicted molar refractivity (Wildman–Crippen MR) is 81.3 cm³/mol. The summed E-state index contributed by atoms with van der Waals surface area (Å²) in [6, 6.07) is 10.0. The number of aryl methyl sites for hydroxylation is 1. The lowest BCUT2D eigenvalue weighted by Crippen LogP contribution is -2.25. The lowest BCUT2D eigenvalue weighted by atomic mass is 10.1. The summed E-state index contributed by atoms with van der Waals surface area (Å²) in [5, 5.41) is 20.3. The smallest absolute Gasteiger partial charge is 0.267 e. The SMILES string of the molecule is Cc1nc(-c2ccc(C(Cn3ncccc3=O)=NO)cc2)no1. The molecule has 0 unspecified atom stereocenters. The summed E-state index contributed by atoms with van der Waals surface area (Å²) >= 11 is 0. The zero-order chi connectivity index (χ0) is 16.2. The van der Waals surface area contributed by atoms with Crippen LogP contribution in [0.5, 0.6) is 0 Å². The predicted octanol–water partition coefficient (Wildman–Crippen LogP) is 1.48. The molecule has 0 radical (unpaired) electrons. The van der Waals surface area contributed by atoms with Gasteiger partial charge in [-0.15, -0.1) is 0 Å². The highest BCUT2D eigenvalue weighted by Crippen LogP contribution is 2.17. The van der Waals surface area contributed by atoms with Gasteiger partial charge >= 0.3 is 0 Å². The Labute approximate surface area is 130 Å². The van der Waals surface area contributed by atoms with Gasteiger partial charge in [0.1, 0.15) is 5.71 Å². The zero-order valence-electron chi connectivity index (χ0n) is 12.2. The molecule has 116 valence electrons. The number of oxime groups is 1. The van der Waals surface area contributed by atoms with E-state index in [2.05, 4.69) is 20.4 Å². The minimum atomic E-state index is -0.271. The van der Waals surface area contributed by atoms with Crippen LogP contribution in [-0.4, -0.2) is 30.8 Å². The van der Waals surface area contributed by atoms with E-state index >= 15 is 0 Å². The molecule has 2 aromatic heterocycles. The maximum atomic E-state index is 11.7. The molecule has 1 aromatic carbocycles. The molecule has 0 saturated carbocycles. The molecule has 0 spiro atoms. The van der Waals surface area contributed by atoms with Crippen molar-refractivity contribution in [2.24, 2.45) is 5.16 Å². The van der Waals surface area contributed by atoms with Gasteiger partial charge in [0, 0.05) is 30.3 Å². The minimum absolute atomic E-state index is 0.0663. The number of rotatable bonds is 4. The van der Waals surface area contributed by atoms with E-state index in [1.807, 2.05) is 0 Å². The minimum Gasteiger partial charge on any atom is -0.411 e. The van der Waals surface area contributed by atoms with Gasteiger partial charge in [-0.1, -0.05) is 34.6 Å².